The Morgan fingerprint density at radius 2 is 1.93 bits per heavy atom. The lowest BCUT2D eigenvalue weighted by molar-refractivity contribution is -0.373. The summed E-state index contributed by atoms with van der Waals surface area (Å²) in [7, 11) is 0. The Balaban J connectivity index is 1.19. The fourth-order valence-electron chi connectivity index (χ4n) is 9.11. The van der Waals surface area contributed by atoms with Crippen LogP contribution >= 0.6 is 0 Å². The molecule has 0 bridgehead atoms. The van der Waals surface area contributed by atoms with Crippen molar-refractivity contribution in [2.24, 2.45) is 16.8 Å². The Labute approximate surface area is 334 Å². The number of hydrogen-bond donors (Lipinski definition) is 7. The molecule has 3 aromatic rings. The summed E-state index contributed by atoms with van der Waals surface area (Å²) in [6.07, 6.45) is 2.96. The number of hydrogen-bond acceptors (Lipinski definition) is 14. The lowest BCUT2D eigenvalue weighted by atomic mass is 9.71. The minimum atomic E-state index is -2.27. The molecule has 5 aliphatic rings. The third-order valence-corrected chi connectivity index (χ3v) is 12.2. The molecule has 0 unspecified atom stereocenters. The summed E-state index contributed by atoms with van der Waals surface area (Å²) in [5.74, 6) is 0.819. The Morgan fingerprint density at radius 1 is 1.14 bits per heavy atom. The molecule has 8 atom stereocenters. The lowest BCUT2D eigenvalue weighted by Gasteiger charge is -2.48. The van der Waals surface area contributed by atoms with Crippen LogP contribution in [-0.4, -0.2) is 104 Å². The van der Waals surface area contributed by atoms with E-state index in [0.29, 0.717) is 78.1 Å². The van der Waals surface area contributed by atoms with Crippen molar-refractivity contribution >= 4 is 28.3 Å². The molecule has 5 heterocycles. The molecule has 1 fully saturated rings. The van der Waals surface area contributed by atoms with Gasteiger partial charge in [0, 0.05) is 61.3 Å². The molecule has 0 radical (unpaired) electrons. The number of aromatic hydroxyl groups is 1. The van der Waals surface area contributed by atoms with Crippen LogP contribution in [0.2, 0.25) is 0 Å². The number of aliphatic hydroxyl groups is 5. The Kier molecular flexibility index (Phi) is 10.8. The van der Waals surface area contributed by atoms with Gasteiger partial charge in [-0.25, -0.2) is 9.78 Å². The number of rotatable bonds is 13. The number of phenolic OH excluding ortho intramolecular Hbond substituents is 1. The monoisotopic (exact) mass is 799 g/mol. The first-order valence-corrected chi connectivity index (χ1v) is 19.7. The minimum absolute atomic E-state index is 0.00611. The third-order valence-electron chi connectivity index (χ3n) is 12.2. The highest BCUT2D eigenvalue weighted by molar-refractivity contribution is 6.13. The lowest BCUT2D eigenvalue weighted by Crippen LogP contribution is -2.58. The van der Waals surface area contributed by atoms with Crippen molar-refractivity contribution < 1.29 is 54.4 Å². The summed E-state index contributed by atoms with van der Waals surface area (Å²) >= 11 is 0. The molecule has 1 aliphatic carbocycles. The summed E-state index contributed by atoms with van der Waals surface area (Å²) in [6, 6.07) is 9.05. The summed E-state index contributed by atoms with van der Waals surface area (Å²) < 4.78 is 13.6. The Hall–Kier alpha value is -4.87. The molecule has 2 aromatic carbocycles. The summed E-state index contributed by atoms with van der Waals surface area (Å²) in [5.41, 5.74) is 1.42. The summed E-state index contributed by atoms with van der Waals surface area (Å²) in [5, 5.41) is 66.7. The van der Waals surface area contributed by atoms with Crippen LogP contribution in [0.15, 0.2) is 86.3 Å². The van der Waals surface area contributed by atoms with Crippen molar-refractivity contribution in [3.05, 3.63) is 99.2 Å². The van der Waals surface area contributed by atoms with Crippen LogP contribution in [0.3, 0.4) is 0 Å². The number of allylic oxidation sites excluding steroid dienone is 3. The van der Waals surface area contributed by atoms with Crippen LogP contribution in [0, 0.1) is 18.8 Å². The fourth-order valence-corrected chi connectivity index (χ4v) is 9.11. The van der Waals surface area contributed by atoms with Crippen LogP contribution in [0.5, 0.6) is 11.5 Å². The van der Waals surface area contributed by atoms with E-state index in [4.69, 9.17) is 18.9 Å². The molecule has 8 rings (SSSR count). The second-order valence-corrected chi connectivity index (χ2v) is 16.1. The molecule has 58 heavy (non-hydrogen) atoms. The Bertz CT molecular complexity index is 2270. The first-order valence-electron chi connectivity index (χ1n) is 19.7. The van der Waals surface area contributed by atoms with Crippen molar-refractivity contribution in [1.29, 1.82) is 0 Å². The van der Waals surface area contributed by atoms with Gasteiger partial charge in [0.15, 0.2) is 16.8 Å². The smallest absolute Gasteiger partial charge is 0.220 e. The van der Waals surface area contributed by atoms with Crippen LogP contribution in [0.1, 0.15) is 49.5 Å². The number of fused-ring (bicyclic) bond motifs is 3. The van der Waals surface area contributed by atoms with Crippen LogP contribution in [0.4, 0.5) is 5.69 Å². The van der Waals surface area contributed by atoms with Gasteiger partial charge in [-0.05, 0) is 61.4 Å². The Morgan fingerprint density at radius 3 is 2.66 bits per heavy atom. The van der Waals surface area contributed by atoms with Crippen molar-refractivity contribution in [1.82, 2.24) is 5.32 Å². The minimum Gasteiger partial charge on any atom is -0.508 e. The van der Waals surface area contributed by atoms with E-state index >= 15 is 0 Å². The number of carbonyl (C=O) groups excluding carboxylic acids is 1. The van der Waals surface area contributed by atoms with Crippen molar-refractivity contribution in [2.45, 2.75) is 88.0 Å². The number of aliphatic hydroxyl groups excluding tert-OH is 4. The van der Waals surface area contributed by atoms with E-state index in [1.165, 1.54) is 30.3 Å². The molecular weight excluding hydrogens is 750 g/mol. The molecule has 1 spiro atoms. The highest BCUT2D eigenvalue weighted by Crippen LogP contribution is 2.52. The molecule has 7 N–H and O–H groups in total. The molecule has 1 saturated heterocycles. The normalized spacial score (nSPS) is 26.3. The fraction of sp³-hybridized carbons (Fsp3) is 0.465. The van der Waals surface area contributed by atoms with E-state index in [0.717, 1.165) is 17.0 Å². The number of nitrogens with one attached hydrogen (secondary N) is 1. The molecule has 308 valence electrons. The zero-order chi connectivity index (χ0) is 40.9. The van der Waals surface area contributed by atoms with Gasteiger partial charge < -0.3 is 50.0 Å². The standard InChI is InChI=1S/C43H49N3O12/c1-3-32-29-10-12-44-31(29)20-46(32)37-39-26(14-30-33(49)13-23(2)56-40(30)37)15-35(43(57-39)11-4-5-25(18-43)27-16-36(51)45-19-27)58-55-22-42(54,41(53)38(52)34(50)21-47)17-24-6-8-28(48)9-7-24/h4-10,12-14,25,27,34-35,38,41,47-48,50,52-54H,3,11,15-22H2,1-2H3,(H,45,51)/t25-,27-,34-,35-,38-,41+,42+,43+/m1/s1. The molecule has 15 heteroatoms. The molecule has 1 amide bonds. The number of carbonyl (C=O) groups is 1. The van der Waals surface area contributed by atoms with Crippen LogP contribution < -0.4 is 20.4 Å². The van der Waals surface area contributed by atoms with Crippen molar-refractivity contribution in [3.8, 4) is 11.5 Å². The largest absolute Gasteiger partial charge is 0.508 e. The zero-order valence-corrected chi connectivity index (χ0v) is 32.3. The highest BCUT2D eigenvalue weighted by atomic mass is 17.2. The van der Waals surface area contributed by atoms with Gasteiger partial charge in [-0.3, -0.25) is 14.6 Å². The number of benzene rings is 2. The number of nitrogens with zero attached hydrogens (tertiary/aromatic N) is 2. The second-order valence-electron chi connectivity index (χ2n) is 16.1. The number of amides is 1. The van der Waals surface area contributed by atoms with E-state index < -0.39 is 48.8 Å². The molecule has 1 aromatic heterocycles. The highest BCUT2D eigenvalue weighted by Gasteiger charge is 2.52. The number of anilines is 1. The van der Waals surface area contributed by atoms with E-state index in [9.17, 15) is 40.2 Å². The van der Waals surface area contributed by atoms with Gasteiger partial charge in [0.2, 0.25) is 5.91 Å². The molecule has 4 aliphatic heterocycles. The maximum Gasteiger partial charge on any atom is 0.220 e. The third kappa shape index (κ3) is 7.25. The van der Waals surface area contributed by atoms with Gasteiger partial charge in [0.1, 0.15) is 59.4 Å². The summed E-state index contributed by atoms with van der Waals surface area (Å²) in [6.45, 7) is 3.15. The van der Waals surface area contributed by atoms with Crippen molar-refractivity contribution in [2.75, 3.05) is 31.2 Å². The average Bonchev–Trinajstić information content (AvgIpc) is 3.94. The van der Waals surface area contributed by atoms with Crippen molar-refractivity contribution in [3.63, 3.8) is 0 Å². The van der Waals surface area contributed by atoms with Gasteiger partial charge in [-0.2, -0.15) is 0 Å². The maximum atomic E-state index is 13.6. The van der Waals surface area contributed by atoms with E-state index in [1.54, 1.807) is 19.2 Å². The second kappa shape index (κ2) is 15.7. The van der Waals surface area contributed by atoms with Gasteiger partial charge >= 0.3 is 0 Å². The van der Waals surface area contributed by atoms with Gasteiger partial charge in [0.25, 0.3) is 0 Å². The van der Waals surface area contributed by atoms with Crippen LogP contribution in [0.25, 0.3) is 11.0 Å². The topological polar surface area (TPSA) is 224 Å². The SMILES string of the molecule is CCC1=C2C=CN=C2CN1c1c2c(cc3c(=O)cc(C)oc13)C[C@@H](OOC[C@@](O)(Cc1ccc(O)cc1)[C@@H](O)[C@H](O)[C@H](O)CO)[C@@]1(CC=C[C@@H]([C@H]3CNC(=O)C3)C1)O2. The van der Waals surface area contributed by atoms with E-state index in [2.05, 4.69) is 28.2 Å². The molecule has 15 nitrogen and oxygen atoms in total. The van der Waals surface area contributed by atoms with Gasteiger partial charge in [-0.15, -0.1) is 0 Å². The number of aliphatic imine (C=N–C) groups is 1. The summed E-state index contributed by atoms with van der Waals surface area (Å²) in [4.78, 5) is 44.9. The number of ether oxygens (including phenoxy) is 1. The molecule has 0 saturated carbocycles. The van der Waals surface area contributed by atoms with Gasteiger partial charge in [-0.1, -0.05) is 31.2 Å². The van der Waals surface area contributed by atoms with Crippen LogP contribution in [-0.2, 0) is 27.4 Å². The van der Waals surface area contributed by atoms with E-state index in [-0.39, 0.29) is 41.8 Å². The predicted molar refractivity (Wildman–Crippen MR) is 211 cm³/mol. The molecular formula is C43H49N3O12. The quantitative estimate of drug-likeness (QED) is 0.0751. The number of phenols is 1. The first-order chi connectivity index (χ1) is 27.8. The zero-order valence-electron chi connectivity index (χ0n) is 32.3. The average molecular weight is 800 g/mol. The van der Waals surface area contributed by atoms with Gasteiger partial charge in [0.05, 0.1) is 24.2 Å². The first kappa shape index (κ1) is 39.9. The number of aryl methyl sites for hydroxylation is 1. The van der Waals surface area contributed by atoms with E-state index in [1.807, 2.05) is 12.2 Å². The predicted octanol–water partition coefficient (Wildman–Crippen LogP) is 2.40. The maximum absolute atomic E-state index is 13.6.